The van der Waals surface area contributed by atoms with Crippen LogP contribution in [0.5, 0.6) is 0 Å². The molecule has 1 saturated heterocycles. The maximum absolute atomic E-state index is 12.9. The van der Waals surface area contributed by atoms with Crippen molar-refractivity contribution in [1.29, 1.82) is 0 Å². The third-order valence-corrected chi connectivity index (χ3v) is 5.05. The van der Waals surface area contributed by atoms with Crippen LogP contribution in [0.1, 0.15) is 18.5 Å². The largest absolute Gasteiger partial charge is 0.332 e. The maximum Gasteiger partial charge on any atom is 0.332 e. The van der Waals surface area contributed by atoms with E-state index in [1.807, 2.05) is 0 Å². The molecule has 2 heterocycles. The zero-order valence-electron chi connectivity index (χ0n) is 13.8. The molecule has 0 saturated carbocycles. The van der Waals surface area contributed by atoms with Gasteiger partial charge >= 0.3 is 10.2 Å². The molecular formula is C15H21ClFN5O2S. The minimum absolute atomic E-state index is 0. The first kappa shape index (κ1) is 19.8. The zero-order chi connectivity index (χ0) is 17.2. The lowest BCUT2D eigenvalue weighted by Crippen LogP contribution is -2.40. The first-order valence-corrected chi connectivity index (χ1v) is 9.18. The molecule has 0 radical (unpaired) electrons. The lowest BCUT2D eigenvalue weighted by atomic mass is 10.1. The Balaban J connectivity index is 0.00000225. The lowest BCUT2D eigenvalue weighted by molar-refractivity contribution is 0.233. The summed E-state index contributed by atoms with van der Waals surface area (Å²) in [5.41, 5.74) is 1.43. The first-order valence-electron chi connectivity index (χ1n) is 7.80. The highest BCUT2D eigenvalue weighted by molar-refractivity contribution is 7.86. The Morgan fingerprint density at radius 2 is 1.88 bits per heavy atom. The van der Waals surface area contributed by atoms with E-state index in [2.05, 4.69) is 27.6 Å². The van der Waals surface area contributed by atoms with Crippen LogP contribution in [0.25, 0.3) is 5.69 Å². The average molecular weight is 390 g/mol. The Morgan fingerprint density at radius 3 is 2.48 bits per heavy atom. The molecule has 25 heavy (non-hydrogen) atoms. The Hall–Kier alpha value is -1.55. The maximum atomic E-state index is 12.9. The first-order chi connectivity index (χ1) is 11.4. The topological polar surface area (TPSA) is 80.1 Å². The second kappa shape index (κ2) is 8.22. The fourth-order valence-corrected chi connectivity index (χ4v) is 3.19. The Labute approximate surface area is 152 Å². The van der Waals surface area contributed by atoms with Gasteiger partial charge in [0.25, 0.3) is 0 Å². The number of halogens is 2. The van der Waals surface area contributed by atoms with Crippen LogP contribution in [0.3, 0.4) is 0 Å². The molecule has 0 unspecified atom stereocenters. The fraction of sp³-hybridized carbons (Fsp3) is 0.467. The van der Waals surface area contributed by atoms with Crippen LogP contribution < -0.4 is 5.32 Å². The van der Waals surface area contributed by atoms with Crippen molar-refractivity contribution in [3.8, 4) is 5.69 Å². The number of benzene rings is 1. The Bertz CT molecular complexity index is 789. The number of likely N-dealkylation sites (tertiary alicyclic amines) is 1. The number of piperidine rings is 1. The average Bonchev–Trinajstić information content (AvgIpc) is 3.03. The summed E-state index contributed by atoms with van der Waals surface area (Å²) < 4.78 is 36.1. The van der Waals surface area contributed by atoms with Gasteiger partial charge in [0.05, 0.1) is 22.5 Å². The molecular weight excluding hydrogens is 369 g/mol. The summed E-state index contributed by atoms with van der Waals surface area (Å²) in [5, 5.41) is 11.6. The lowest BCUT2D eigenvalue weighted by Gasteiger charge is -2.29. The molecule has 1 aliphatic rings. The molecule has 0 spiro atoms. The van der Waals surface area contributed by atoms with E-state index in [0.717, 1.165) is 31.6 Å². The monoisotopic (exact) mass is 389 g/mol. The summed E-state index contributed by atoms with van der Waals surface area (Å²) in [4.78, 5) is 1.95. The van der Waals surface area contributed by atoms with Gasteiger partial charge in [-0.25, -0.2) is 4.68 Å². The molecule has 0 bridgehead atoms. The summed E-state index contributed by atoms with van der Waals surface area (Å²) in [6.45, 7) is 2.81. The van der Waals surface area contributed by atoms with Gasteiger partial charge in [-0.3, -0.25) is 0 Å². The van der Waals surface area contributed by atoms with E-state index in [9.17, 15) is 12.3 Å². The van der Waals surface area contributed by atoms with E-state index >= 15 is 0 Å². The van der Waals surface area contributed by atoms with Gasteiger partial charge in [-0.05, 0) is 57.2 Å². The number of nitrogens with zero attached hydrogens (tertiary/aromatic N) is 4. The van der Waals surface area contributed by atoms with Crippen molar-refractivity contribution < 1.29 is 12.3 Å². The molecule has 1 aliphatic heterocycles. The number of hydrogen-bond donors (Lipinski definition) is 1. The van der Waals surface area contributed by atoms with Crippen LogP contribution in [0, 0.1) is 0 Å². The highest BCUT2D eigenvalue weighted by Gasteiger charge is 2.16. The molecule has 1 aromatic carbocycles. The summed E-state index contributed by atoms with van der Waals surface area (Å²) in [7, 11) is -2.55. The summed E-state index contributed by atoms with van der Waals surface area (Å²) >= 11 is 0. The van der Waals surface area contributed by atoms with Crippen LogP contribution in [0.2, 0.25) is 0 Å². The molecule has 0 amide bonds. The second-order valence-corrected chi connectivity index (χ2v) is 7.39. The van der Waals surface area contributed by atoms with E-state index in [-0.39, 0.29) is 17.3 Å². The van der Waals surface area contributed by atoms with Crippen molar-refractivity contribution in [2.75, 3.05) is 20.1 Å². The molecule has 0 atom stereocenters. The van der Waals surface area contributed by atoms with Crippen LogP contribution in [0.15, 0.2) is 35.4 Å². The van der Waals surface area contributed by atoms with Gasteiger partial charge in [-0.1, -0.05) is 5.21 Å². The predicted molar refractivity (Wildman–Crippen MR) is 94.3 cm³/mol. The summed E-state index contributed by atoms with van der Waals surface area (Å²) in [6.07, 6.45) is 4.01. The standard InChI is InChI=1S/C15H20FN5O2S.ClH/c1-20-8-6-12(7-9-20)17-10-13-11-21(19-18-13)14-2-4-15(5-3-14)24(16,22)23;/h2-5,11-12,17H,6-10H2,1H3;1H. The molecule has 7 nitrogen and oxygen atoms in total. The van der Waals surface area contributed by atoms with Crippen LogP contribution in [-0.2, 0) is 16.8 Å². The minimum Gasteiger partial charge on any atom is -0.308 e. The van der Waals surface area contributed by atoms with E-state index in [1.54, 1.807) is 10.9 Å². The van der Waals surface area contributed by atoms with Crippen molar-refractivity contribution in [2.24, 2.45) is 0 Å². The SMILES string of the molecule is CN1CCC(NCc2cn(-c3ccc(S(=O)(=O)F)cc3)nn2)CC1.Cl. The van der Waals surface area contributed by atoms with Gasteiger partial charge in [-0.15, -0.1) is 21.4 Å². The van der Waals surface area contributed by atoms with Gasteiger partial charge in [0.2, 0.25) is 0 Å². The van der Waals surface area contributed by atoms with Gasteiger partial charge < -0.3 is 10.2 Å². The fourth-order valence-electron chi connectivity index (χ4n) is 2.73. The normalized spacial score (nSPS) is 16.6. The van der Waals surface area contributed by atoms with Gasteiger partial charge in [0.15, 0.2) is 0 Å². The van der Waals surface area contributed by atoms with E-state index in [1.165, 1.54) is 24.3 Å². The van der Waals surface area contributed by atoms with E-state index in [4.69, 9.17) is 0 Å². The highest BCUT2D eigenvalue weighted by Crippen LogP contribution is 2.15. The molecule has 2 aromatic rings. The summed E-state index contributed by atoms with van der Waals surface area (Å²) in [6, 6.07) is 5.90. The van der Waals surface area contributed by atoms with Crippen LogP contribution in [-0.4, -0.2) is 54.5 Å². The van der Waals surface area contributed by atoms with Crippen molar-refractivity contribution in [1.82, 2.24) is 25.2 Å². The predicted octanol–water partition coefficient (Wildman–Crippen LogP) is 1.53. The number of hydrogen-bond acceptors (Lipinski definition) is 6. The third kappa shape index (κ3) is 5.21. The number of aromatic nitrogens is 3. The molecule has 138 valence electrons. The molecule has 10 heteroatoms. The molecule has 0 aliphatic carbocycles. The van der Waals surface area contributed by atoms with Gasteiger partial charge in [0.1, 0.15) is 0 Å². The highest BCUT2D eigenvalue weighted by atomic mass is 35.5. The molecule has 1 fully saturated rings. The Kier molecular flexibility index (Phi) is 6.50. The number of rotatable bonds is 5. The Morgan fingerprint density at radius 1 is 1.24 bits per heavy atom. The van der Waals surface area contributed by atoms with E-state index < -0.39 is 10.2 Å². The van der Waals surface area contributed by atoms with Crippen molar-refractivity contribution in [3.05, 3.63) is 36.2 Å². The molecule has 3 rings (SSSR count). The molecule has 1 N–H and O–H groups in total. The minimum atomic E-state index is -4.68. The van der Waals surface area contributed by atoms with Crippen LogP contribution >= 0.6 is 12.4 Å². The van der Waals surface area contributed by atoms with Gasteiger partial charge in [0, 0.05) is 12.6 Å². The number of nitrogens with one attached hydrogen (secondary N) is 1. The van der Waals surface area contributed by atoms with Crippen molar-refractivity contribution in [2.45, 2.75) is 30.3 Å². The second-order valence-electron chi connectivity index (χ2n) is 6.04. The smallest absolute Gasteiger partial charge is 0.308 e. The zero-order valence-corrected chi connectivity index (χ0v) is 15.4. The van der Waals surface area contributed by atoms with E-state index in [0.29, 0.717) is 18.3 Å². The molecule has 1 aromatic heterocycles. The van der Waals surface area contributed by atoms with Gasteiger partial charge in [-0.2, -0.15) is 8.42 Å². The quantitative estimate of drug-likeness (QED) is 0.781. The summed E-state index contributed by atoms with van der Waals surface area (Å²) in [5.74, 6) is 0. The third-order valence-electron chi connectivity index (χ3n) is 4.21. The van der Waals surface area contributed by atoms with Crippen molar-refractivity contribution in [3.63, 3.8) is 0 Å². The van der Waals surface area contributed by atoms with Crippen LogP contribution in [0.4, 0.5) is 3.89 Å². The van der Waals surface area contributed by atoms with Crippen molar-refractivity contribution >= 4 is 22.6 Å².